The quantitative estimate of drug-likeness (QED) is 0.593. The Morgan fingerprint density at radius 2 is 1.45 bits per heavy atom. The van der Waals surface area contributed by atoms with E-state index in [1.165, 1.54) is 0 Å². The summed E-state index contributed by atoms with van der Waals surface area (Å²) in [6, 6.07) is 20.9. The third kappa shape index (κ3) is 5.92. The van der Waals surface area contributed by atoms with Crippen molar-refractivity contribution in [3.63, 3.8) is 0 Å². The smallest absolute Gasteiger partial charge is 0.338 e. The first kappa shape index (κ1) is 20.1. The van der Waals surface area contributed by atoms with E-state index in [2.05, 4.69) is 5.32 Å². The zero-order valence-corrected chi connectivity index (χ0v) is 15.9. The number of benzene rings is 3. The molecule has 1 amide bonds. The second kappa shape index (κ2) is 9.52. The van der Waals surface area contributed by atoms with Crippen molar-refractivity contribution in [2.24, 2.45) is 0 Å². The molecule has 3 rings (SSSR count). The maximum absolute atomic E-state index is 12.0. The van der Waals surface area contributed by atoms with Gasteiger partial charge in [0, 0.05) is 5.69 Å². The van der Waals surface area contributed by atoms with Crippen LogP contribution in [0.1, 0.15) is 21.5 Å². The molecule has 0 aromatic heterocycles. The Balaban J connectivity index is 1.48. The van der Waals surface area contributed by atoms with E-state index in [1.54, 1.807) is 48.5 Å². The van der Waals surface area contributed by atoms with Crippen molar-refractivity contribution < 1.29 is 24.2 Å². The molecule has 0 fully saturated rings. The van der Waals surface area contributed by atoms with Crippen molar-refractivity contribution in [1.29, 1.82) is 0 Å². The minimum atomic E-state index is -0.605. The molecule has 0 aliphatic heterocycles. The lowest BCUT2D eigenvalue weighted by Gasteiger charge is -2.09. The van der Waals surface area contributed by atoms with Crippen LogP contribution >= 0.6 is 0 Å². The summed E-state index contributed by atoms with van der Waals surface area (Å²) in [6.07, 6.45) is 0. The van der Waals surface area contributed by atoms with Gasteiger partial charge in [0.25, 0.3) is 5.91 Å². The summed E-state index contributed by atoms with van der Waals surface area (Å²) in [7, 11) is 0. The van der Waals surface area contributed by atoms with Gasteiger partial charge in [0.2, 0.25) is 0 Å². The zero-order valence-electron chi connectivity index (χ0n) is 15.9. The van der Waals surface area contributed by atoms with Crippen molar-refractivity contribution >= 4 is 17.6 Å². The Morgan fingerprint density at radius 1 is 0.862 bits per heavy atom. The SMILES string of the molecule is Cc1ccc(Oc2ccc(NC(=O)COC(=O)c3ccc(CO)cc3)cc2)cc1. The number of hydrogen-bond acceptors (Lipinski definition) is 5. The molecule has 0 saturated carbocycles. The summed E-state index contributed by atoms with van der Waals surface area (Å²) < 4.78 is 10.7. The molecule has 0 atom stereocenters. The number of aliphatic hydroxyl groups excluding tert-OH is 1. The third-order valence-electron chi connectivity index (χ3n) is 4.10. The van der Waals surface area contributed by atoms with Crippen LogP contribution in [-0.2, 0) is 16.1 Å². The highest BCUT2D eigenvalue weighted by Crippen LogP contribution is 2.23. The van der Waals surface area contributed by atoms with Gasteiger partial charge in [-0.25, -0.2) is 4.79 Å². The van der Waals surface area contributed by atoms with Crippen molar-refractivity contribution in [1.82, 2.24) is 0 Å². The molecule has 0 aliphatic carbocycles. The Labute approximate surface area is 168 Å². The second-order valence-corrected chi connectivity index (χ2v) is 6.42. The fraction of sp³-hybridized carbons (Fsp3) is 0.130. The number of aliphatic hydroxyl groups is 1. The molecule has 3 aromatic rings. The lowest BCUT2D eigenvalue weighted by molar-refractivity contribution is -0.119. The average Bonchev–Trinajstić information content (AvgIpc) is 2.75. The molecule has 0 spiro atoms. The maximum atomic E-state index is 12.0. The van der Waals surface area contributed by atoms with E-state index in [-0.39, 0.29) is 6.61 Å². The molecule has 148 valence electrons. The first-order valence-electron chi connectivity index (χ1n) is 9.05. The fourth-order valence-electron chi connectivity index (χ4n) is 2.51. The van der Waals surface area contributed by atoms with Crippen LogP contribution in [0.5, 0.6) is 11.5 Å². The molecule has 0 radical (unpaired) electrons. The van der Waals surface area contributed by atoms with Crippen molar-refractivity contribution in [3.8, 4) is 11.5 Å². The Morgan fingerprint density at radius 3 is 2.03 bits per heavy atom. The van der Waals surface area contributed by atoms with Crippen molar-refractivity contribution in [3.05, 3.63) is 89.5 Å². The number of carbonyl (C=O) groups excluding carboxylic acids is 2. The Kier molecular flexibility index (Phi) is 6.60. The molecule has 0 bridgehead atoms. The predicted molar refractivity (Wildman–Crippen MR) is 109 cm³/mol. The van der Waals surface area contributed by atoms with Crippen LogP contribution in [0.15, 0.2) is 72.8 Å². The molecule has 0 heterocycles. The van der Waals surface area contributed by atoms with Crippen LogP contribution in [0.25, 0.3) is 0 Å². The molecule has 6 heteroatoms. The van der Waals surface area contributed by atoms with Gasteiger partial charge >= 0.3 is 5.97 Å². The summed E-state index contributed by atoms with van der Waals surface area (Å²) in [5.41, 5.74) is 2.72. The van der Waals surface area contributed by atoms with Gasteiger partial charge in [-0.2, -0.15) is 0 Å². The fourth-order valence-corrected chi connectivity index (χ4v) is 2.51. The van der Waals surface area contributed by atoms with Gasteiger partial charge in [-0.3, -0.25) is 4.79 Å². The number of hydrogen-bond donors (Lipinski definition) is 2. The normalized spacial score (nSPS) is 10.3. The Bertz CT molecular complexity index is 964. The number of anilines is 1. The highest BCUT2D eigenvalue weighted by Gasteiger charge is 2.10. The van der Waals surface area contributed by atoms with Crippen LogP contribution < -0.4 is 10.1 Å². The summed E-state index contributed by atoms with van der Waals surface area (Å²) in [5, 5.41) is 11.7. The first-order chi connectivity index (χ1) is 14.0. The van der Waals surface area contributed by atoms with Crippen LogP contribution in [-0.4, -0.2) is 23.6 Å². The standard InChI is InChI=1S/C23H21NO5/c1-16-2-10-20(11-3-16)29-21-12-8-19(9-13-21)24-22(26)15-28-23(27)18-6-4-17(14-25)5-7-18/h2-13,25H,14-15H2,1H3,(H,24,26). The van der Waals surface area contributed by atoms with Gasteiger partial charge in [-0.15, -0.1) is 0 Å². The molecule has 0 unspecified atom stereocenters. The lowest BCUT2D eigenvalue weighted by atomic mass is 10.1. The second-order valence-electron chi connectivity index (χ2n) is 6.42. The largest absolute Gasteiger partial charge is 0.457 e. The number of esters is 1. The highest BCUT2D eigenvalue weighted by molar-refractivity contribution is 5.95. The molecule has 0 aliphatic rings. The van der Waals surface area contributed by atoms with Gasteiger partial charge in [0.05, 0.1) is 12.2 Å². The highest BCUT2D eigenvalue weighted by atomic mass is 16.5. The van der Waals surface area contributed by atoms with Crippen LogP contribution in [0, 0.1) is 6.92 Å². The number of nitrogens with one attached hydrogen (secondary N) is 1. The summed E-state index contributed by atoms with van der Waals surface area (Å²) in [6.45, 7) is 1.50. The van der Waals surface area contributed by atoms with E-state index in [1.807, 2.05) is 31.2 Å². The van der Waals surface area contributed by atoms with Gasteiger partial charge in [0.15, 0.2) is 6.61 Å². The number of carbonyl (C=O) groups is 2. The van der Waals surface area contributed by atoms with Crippen molar-refractivity contribution in [2.45, 2.75) is 13.5 Å². The Hall–Kier alpha value is -3.64. The van der Waals surface area contributed by atoms with E-state index >= 15 is 0 Å². The van der Waals surface area contributed by atoms with Crippen LogP contribution in [0.4, 0.5) is 5.69 Å². The summed E-state index contributed by atoms with van der Waals surface area (Å²) in [4.78, 5) is 24.0. The molecular formula is C23H21NO5. The van der Waals surface area contributed by atoms with Gasteiger partial charge < -0.3 is 19.9 Å². The van der Waals surface area contributed by atoms with E-state index < -0.39 is 18.5 Å². The predicted octanol–water partition coefficient (Wildman–Crippen LogP) is 4.08. The minimum absolute atomic E-state index is 0.105. The number of ether oxygens (including phenoxy) is 2. The van der Waals surface area contributed by atoms with E-state index in [9.17, 15) is 9.59 Å². The molecule has 29 heavy (non-hydrogen) atoms. The molecular weight excluding hydrogens is 370 g/mol. The number of amides is 1. The maximum Gasteiger partial charge on any atom is 0.338 e. The zero-order chi connectivity index (χ0) is 20.6. The van der Waals surface area contributed by atoms with Crippen LogP contribution in [0.3, 0.4) is 0 Å². The topological polar surface area (TPSA) is 84.9 Å². The summed E-state index contributed by atoms with van der Waals surface area (Å²) in [5.74, 6) is 0.319. The van der Waals surface area contributed by atoms with E-state index in [0.29, 0.717) is 22.6 Å². The van der Waals surface area contributed by atoms with Crippen LogP contribution in [0.2, 0.25) is 0 Å². The van der Waals surface area contributed by atoms with Crippen molar-refractivity contribution in [2.75, 3.05) is 11.9 Å². The van der Waals surface area contributed by atoms with E-state index in [0.717, 1.165) is 11.3 Å². The first-order valence-corrected chi connectivity index (χ1v) is 9.05. The monoisotopic (exact) mass is 391 g/mol. The lowest BCUT2D eigenvalue weighted by Crippen LogP contribution is -2.20. The summed E-state index contributed by atoms with van der Waals surface area (Å²) >= 11 is 0. The number of rotatable bonds is 7. The van der Waals surface area contributed by atoms with E-state index in [4.69, 9.17) is 14.6 Å². The molecule has 3 aromatic carbocycles. The minimum Gasteiger partial charge on any atom is -0.457 e. The average molecular weight is 391 g/mol. The third-order valence-corrected chi connectivity index (χ3v) is 4.10. The van der Waals surface area contributed by atoms with Gasteiger partial charge in [-0.05, 0) is 61.0 Å². The van der Waals surface area contributed by atoms with Gasteiger partial charge in [0.1, 0.15) is 11.5 Å². The number of aryl methyl sites for hydroxylation is 1. The molecule has 2 N–H and O–H groups in total. The molecule has 0 saturated heterocycles. The molecule has 6 nitrogen and oxygen atoms in total. The van der Waals surface area contributed by atoms with Gasteiger partial charge in [-0.1, -0.05) is 29.8 Å².